The molecule has 2 aromatic carbocycles. The van der Waals surface area contributed by atoms with Gasteiger partial charge in [-0.2, -0.15) is 0 Å². The van der Waals surface area contributed by atoms with E-state index in [1.54, 1.807) is 31.2 Å². The van der Waals surface area contributed by atoms with Crippen molar-refractivity contribution in [2.24, 2.45) is 0 Å². The van der Waals surface area contributed by atoms with Crippen molar-refractivity contribution in [3.63, 3.8) is 0 Å². The number of fused-ring (bicyclic) bond motifs is 1. The van der Waals surface area contributed by atoms with E-state index in [4.69, 9.17) is 4.74 Å². The molecule has 0 spiro atoms. The van der Waals surface area contributed by atoms with Gasteiger partial charge < -0.3 is 9.30 Å². The molecule has 0 aliphatic heterocycles. The summed E-state index contributed by atoms with van der Waals surface area (Å²) in [4.78, 5) is 28.6. The van der Waals surface area contributed by atoms with Crippen molar-refractivity contribution < 1.29 is 14.3 Å². The predicted molar refractivity (Wildman–Crippen MR) is 100 cm³/mol. The van der Waals surface area contributed by atoms with Crippen molar-refractivity contribution in [3.05, 3.63) is 54.1 Å². The Hall–Kier alpha value is -3.35. The molecule has 26 heavy (non-hydrogen) atoms. The van der Waals surface area contributed by atoms with E-state index in [0.717, 1.165) is 11.0 Å². The zero-order chi connectivity index (χ0) is 18.5. The fourth-order valence-corrected chi connectivity index (χ4v) is 2.69. The highest BCUT2D eigenvalue weighted by Gasteiger charge is 2.14. The predicted octanol–water partition coefficient (Wildman–Crippen LogP) is 3.88. The quantitative estimate of drug-likeness (QED) is 0.730. The molecule has 0 saturated carbocycles. The lowest BCUT2D eigenvalue weighted by Gasteiger charge is -2.09. The van der Waals surface area contributed by atoms with Gasteiger partial charge in [0.1, 0.15) is 0 Å². The van der Waals surface area contributed by atoms with Crippen LogP contribution in [0, 0.1) is 0 Å². The molecule has 0 aliphatic rings. The molecule has 2 amide bonds. The highest BCUT2D eigenvalue weighted by molar-refractivity contribution is 6.05. The third-order valence-electron chi connectivity index (χ3n) is 3.84. The third-order valence-corrected chi connectivity index (χ3v) is 3.84. The van der Waals surface area contributed by atoms with E-state index >= 15 is 0 Å². The minimum absolute atomic E-state index is 0.277. The smallest absolute Gasteiger partial charge is 0.411 e. The Bertz CT molecular complexity index is 949. The molecule has 2 N–H and O–H groups in total. The molecule has 1 aromatic heterocycles. The van der Waals surface area contributed by atoms with E-state index in [2.05, 4.69) is 15.6 Å². The highest BCUT2D eigenvalue weighted by Crippen LogP contribution is 2.20. The lowest BCUT2D eigenvalue weighted by Crippen LogP contribution is -2.17. The molecule has 3 rings (SSSR count). The van der Waals surface area contributed by atoms with Crippen LogP contribution in [0.4, 0.5) is 16.4 Å². The molecule has 0 fully saturated rings. The standard InChI is InChI=1S/C19H20N4O3/c1-3-23-16-11-6-5-10-15(16)21-18(23)22-17(24)13-8-7-9-14(12-13)20-19(25)26-4-2/h5-12H,3-4H2,1-2H3,(H,20,25)(H,21,22,24). The third kappa shape index (κ3) is 3.66. The maximum atomic E-state index is 12.6. The number of carbonyl (C=O) groups excluding carboxylic acids is 2. The number of benzene rings is 2. The summed E-state index contributed by atoms with van der Waals surface area (Å²) in [5.74, 6) is 0.185. The number of imidazole rings is 1. The van der Waals surface area contributed by atoms with E-state index in [1.807, 2.05) is 35.8 Å². The first-order valence-electron chi connectivity index (χ1n) is 8.42. The van der Waals surface area contributed by atoms with Crippen molar-refractivity contribution in [3.8, 4) is 0 Å². The van der Waals surface area contributed by atoms with Gasteiger partial charge in [-0.15, -0.1) is 0 Å². The number of hydrogen-bond donors (Lipinski definition) is 2. The Morgan fingerprint density at radius 1 is 1.08 bits per heavy atom. The number of hydrogen-bond acceptors (Lipinski definition) is 4. The van der Waals surface area contributed by atoms with Gasteiger partial charge in [0, 0.05) is 17.8 Å². The molecular formula is C19H20N4O3. The van der Waals surface area contributed by atoms with Crippen LogP contribution in [0.1, 0.15) is 24.2 Å². The minimum Gasteiger partial charge on any atom is -0.450 e. The molecule has 3 aromatic rings. The molecule has 0 radical (unpaired) electrons. The summed E-state index contributed by atoms with van der Waals surface area (Å²) in [5.41, 5.74) is 2.68. The van der Waals surface area contributed by atoms with Crippen LogP contribution in [0.5, 0.6) is 0 Å². The van der Waals surface area contributed by atoms with Crippen LogP contribution < -0.4 is 10.6 Å². The summed E-state index contributed by atoms with van der Waals surface area (Å²) < 4.78 is 6.78. The van der Waals surface area contributed by atoms with E-state index < -0.39 is 6.09 Å². The SMILES string of the molecule is CCOC(=O)Nc1cccc(C(=O)Nc2nc3ccccc3n2CC)c1. The molecule has 134 valence electrons. The Morgan fingerprint density at radius 3 is 2.65 bits per heavy atom. The minimum atomic E-state index is -0.558. The van der Waals surface area contributed by atoms with Crippen molar-refractivity contribution >= 4 is 34.7 Å². The number of ether oxygens (including phenoxy) is 1. The number of amides is 2. The summed E-state index contributed by atoms with van der Waals surface area (Å²) in [6, 6.07) is 14.4. The van der Waals surface area contributed by atoms with Gasteiger partial charge >= 0.3 is 6.09 Å². The Balaban J connectivity index is 1.81. The largest absolute Gasteiger partial charge is 0.450 e. The van der Waals surface area contributed by atoms with E-state index in [-0.39, 0.29) is 12.5 Å². The first-order chi connectivity index (χ1) is 12.6. The van der Waals surface area contributed by atoms with Crippen molar-refractivity contribution in [1.29, 1.82) is 0 Å². The fourth-order valence-electron chi connectivity index (χ4n) is 2.69. The van der Waals surface area contributed by atoms with E-state index in [0.29, 0.717) is 23.7 Å². The van der Waals surface area contributed by atoms with Crippen LogP contribution in [0.15, 0.2) is 48.5 Å². The molecule has 0 bridgehead atoms. The van der Waals surface area contributed by atoms with Crippen LogP contribution in [0.25, 0.3) is 11.0 Å². The average molecular weight is 352 g/mol. The second kappa shape index (κ2) is 7.69. The summed E-state index contributed by atoms with van der Waals surface area (Å²) in [7, 11) is 0. The molecule has 0 aliphatic carbocycles. The average Bonchev–Trinajstić information content (AvgIpc) is 2.99. The number of anilines is 2. The van der Waals surface area contributed by atoms with Gasteiger partial charge in [0.15, 0.2) is 0 Å². The summed E-state index contributed by atoms with van der Waals surface area (Å²) in [5, 5.41) is 5.43. The number of nitrogens with zero attached hydrogens (tertiary/aromatic N) is 2. The Kier molecular flexibility index (Phi) is 5.17. The number of aryl methyl sites for hydroxylation is 1. The molecule has 0 unspecified atom stereocenters. The second-order valence-corrected chi connectivity index (χ2v) is 5.55. The number of aromatic nitrogens is 2. The lowest BCUT2D eigenvalue weighted by atomic mass is 10.2. The molecular weight excluding hydrogens is 332 g/mol. The Labute approximate surface area is 151 Å². The molecule has 7 heteroatoms. The molecule has 1 heterocycles. The zero-order valence-electron chi connectivity index (χ0n) is 14.7. The number of carbonyl (C=O) groups is 2. The summed E-state index contributed by atoms with van der Waals surface area (Å²) in [6.07, 6.45) is -0.558. The summed E-state index contributed by atoms with van der Waals surface area (Å²) >= 11 is 0. The van der Waals surface area contributed by atoms with Gasteiger partial charge in [0.05, 0.1) is 17.6 Å². The van der Waals surface area contributed by atoms with E-state index in [1.165, 1.54) is 0 Å². The normalized spacial score (nSPS) is 10.5. The second-order valence-electron chi connectivity index (χ2n) is 5.55. The maximum Gasteiger partial charge on any atom is 0.411 e. The number of nitrogens with one attached hydrogen (secondary N) is 2. The van der Waals surface area contributed by atoms with Gasteiger partial charge in [-0.1, -0.05) is 18.2 Å². The maximum absolute atomic E-state index is 12.6. The topological polar surface area (TPSA) is 85.2 Å². The first-order valence-corrected chi connectivity index (χ1v) is 8.42. The van der Waals surface area contributed by atoms with Gasteiger partial charge in [0.25, 0.3) is 5.91 Å². The lowest BCUT2D eigenvalue weighted by molar-refractivity contribution is 0.102. The highest BCUT2D eigenvalue weighted by atomic mass is 16.5. The van der Waals surface area contributed by atoms with E-state index in [9.17, 15) is 9.59 Å². The monoisotopic (exact) mass is 352 g/mol. The van der Waals surface area contributed by atoms with Crippen LogP contribution in [0.2, 0.25) is 0 Å². The van der Waals surface area contributed by atoms with Crippen molar-refractivity contribution in [2.75, 3.05) is 17.2 Å². The van der Waals surface area contributed by atoms with Crippen LogP contribution >= 0.6 is 0 Å². The fraction of sp³-hybridized carbons (Fsp3) is 0.211. The first kappa shape index (κ1) is 17.5. The van der Waals surface area contributed by atoms with Crippen LogP contribution in [-0.2, 0) is 11.3 Å². The molecule has 7 nitrogen and oxygen atoms in total. The van der Waals surface area contributed by atoms with Gasteiger partial charge in [-0.3, -0.25) is 15.4 Å². The molecule has 0 atom stereocenters. The van der Waals surface area contributed by atoms with Crippen molar-refractivity contribution in [2.45, 2.75) is 20.4 Å². The van der Waals surface area contributed by atoms with Crippen LogP contribution in [-0.4, -0.2) is 28.2 Å². The van der Waals surface area contributed by atoms with Gasteiger partial charge in [-0.25, -0.2) is 9.78 Å². The zero-order valence-corrected chi connectivity index (χ0v) is 14.7. The number of rotatable bonds is 5. The number of para-hydroxylation sites is 2. The Morgan fingerprint density at radius 2 is 1.88 bits per heavy atom. The van der Waals surface area contributed by atoms with Crippen molar-refractivity contribution in [1.82, 2.24) is 9.55 Å². The molecule has 0 saturated heterocycles. The summed E-state index contributed by atoms with van der Waals surface area (Å²) in [6.45, 7) is 4.68. The van der Waals surface area contributed by atoms with Crippen LogP contribution in [0.3, 0.4) is 0 Å². The van der Waals surface area contributed by atoms with Gasteiger partial charge in [0.2, 0.25) is 5.95 Å². The van der Waals surface area contributed by atoms with Gasteiger partial charge in [-0.05, 0) is 44.2 Å².